The van der Waals surface area contributed by atoms with E-state index in [-0.39, 0.29) is 0 Å². The zero-order chi connectivity index (χ0) is 23.5. The van der Waals surface area contributed by atoms with E-state index in [0.29, 0.717) is 21.7 Å². The first kappa shape index (κ1) is 23.0. The summed E-state index contributed by atoms with van der Waals surface area (Å²) in [5.41, 5.74) is 6.40. The zero-order valence-electron chi connectivity index (χ0n) is 18.0. The molecule has 0 spiro atoms. The number of nitrogens with one attached hydrogen (secondary N) is 1. The van der Waals surface area contributed by atoms with Crippen molar-refractivity contribution >= 4 is 17.9 Å². The van der Waals surface area contributed by atoms with Crippen molar-refractivity contribution in [2.75, 3.05) is 0 Å². The Bertz CT molecular complexity index is 1160. The minimum atomic E-state index is -3.50. The lowest BCUT2D eigenvalue weighted by Gasteiger charge is -2.42. The van der Waals surface area contributed by atoms with Crippen LogP contribution in [0.2, 0.25) is 0 Å². The van der Waals surface area contributed by atoms with E-state index in [1.807, 2.05) is 36.4 Å². The maximum Gasteiger partial charge on any atom is 0.212 e. The molecule has 2 atom stereocenters. The van der Waals surface area contributed by atoms with E-state index in [9.17, 15) is 13.3 Å². The molecule has 0 bridgehead atoms. The van der Waals surface area contributed by atoms with Gasteiger partial charge >= 0.3 is 0 Å². The Hall–Kier alpha value is -3.18. The van der Waals surface area contributed by atoms with Crippen molar-refractivity contribution in [2.45, 2.75) is 18.5 Å². The van der Waals surface area contributed by atoms with Gasteiger partial charge in [-0.25, -0.2) is 14.5 Å². The van der Waals surface area contributed by atoms with Crippen LogP contribution < -0.4 is 21.4 Å². The molecule has 0 unspecified atom stereocenters. The third kappa shape index (κ3) is 4.38. The molecule has 3 aromatic carbocycles. The smallest absolute Gasteiger partial charge is 0.212 e. The van der Waals surface area contributed by atoms with Crippen LogP contribution in [0, 0.1) is 11.8 Å². The van der Waals surface area contributed by atoms with Gasteiger partial charge in [0.1, 0.15) is 5.82 Å². The lowest BCUT2D eigenvalue weighted by atomic mass is 9.79. The molecule has 0 aliphatic heterocycles. The van der Waals surface area contributed by atoms with Crippen LogP contribution in [-0.2, 0) is 10.1 Å². The fourth-order valence-electron chi connectivity index (χ4n) is 4.05. The Morgan fingerprint density at radius 1 is 0.818 bits per heavy atom. The lowest BCUT2D eigenvalue weighted by molar-refractivity contribution is 0.398. The topological polar surface area (TPSA) is 68.0 Å². The number of nitrogens with zero attached hydrogens (tertiary/aromatic N) is 1. The molecule has 0 saturated heterocycles. The predicted molar refractivity (Wildman–Crippen MR) is 128 cm³/mol. The van der Waals surface area contributed by atoms with Crippen molar-refractivity contribution < 1.29 is 13.3 Å². The number of halogens is 2. The van der Waals surface area contributed by atoms with Crippen LogP contribution in [0.25, 0.3) is 0 Å². The Morgan fingerprint density at radius 2 is 1.33 bits per heavy atom. The highest BCUT2D eigenvalue weighted by molar-refractivity contribution is 7.77. The van der Waals surface area contributed by atoms with Crippen molar-refractivity contribution in [1.29, 1.82) is 0 Å². The number of hydrogen-bond donors (Lipinski definition) is 2. The van der Waals surface area contributed by atoms with Gasteiger partial charge in [0, 0.05) is 22.8 Å². The summed E-state index contributed by atoms with van der Waals surface area (Å²) in [5.74, 6) is -1.06. The fourth-order valence-corrected chi connectivity index (χ4v) is 6.75. The summed E-state index contributed by atoms with van der Waals surface area (Å²) < 4.78 is 42.4. The van der Waals surface area contributed by atoms with Crippen molar-refractivity contribution in [3.8, 4) is 0 Å². The number of benzene rings is 3. The Balaban J connectivity index is 2.01. The van der Waals surface area contributed by atoms with E-state index in [2.05, 4.69) is 10.1 Å². The molecule has 1 aromatic heterocycles. The van der Waals surface area contributed by atoms with Gasteiger partial charge in [0.25, 0.3) is 0 Å². The Labute approximate surface area is 191 Å². The lowest BCUT2D eigenvalue weighted by Crippen LogP contribution is -2.55. The van der Waals surface area contributed by atoms with Crippen LogP contribution in [0.3, 0.4) is 0 Å². The maximum atomic E-state index is 14.9. The van der Waals surface area contributed by atoms with E-state index in [1.54, 1.807) is 49.4 Å². The normalized spacial score (nSPS) is 14.4. The Kier molecular flexibility index (Phi) is 6.52. The molecule has 0 radical (unpaired) electrons. The second kappa shape index (κ2) is 9.36. The van der Waals surface area contributed by atoms with E-state index in [1.165, 1.54) is 24.4 Å². The summed E-state index contributed by atoms with van der Waals surface area (Å²) >= 11 is 0. The molecule has 0 aliphatic carbocycles. The van der Waals surface area contributed by atoms with Gasteiger partial charge < -0.3 is 5.73 Å². The third-order valence-electron chi connectivity index (χ3n) is 5.74. The number of nitrogens with two attached hydrogens (primary N) is 1. The predicted octanol–water partition coefficient (Wildman–Crippen LogP) is 4.47. The van der Waals surface area contributed by atoms with Gasteiger partial charge in [0.05, 0.1) is 5.54 Å². The van der Waals surface area contributed by atoms with Gasteiger partial charge in [-0.15, -0.1) is 0 Å². The quantitative estimate of drug-likeness (QED) is 0.314. The van der Waals surface area contributed by atoms with E-state index >= 15 is 0 Å². The Morgan fingerprint density at radius 3 is 1.79 bits per heavy atom. The van der Waals surface area contributed by atoms with Crippen LogP contribution in [0.1, 0.15) is 18.1 Å². The first-order chi connectivity index (χ1) is 15.9. The van der Waals surface area contributed by atoms with Gasteiger partial charge in [0.2, 0.25) is 13.2 Å². The molecule has 0 amide bonds. The molecular formula is C26H24F2N3OP. The number of hydrogen-bond acceptors (Lipinski definition) is 3. The SMILES string of the molecule is C[C@H](N)[C@](NP(=O)(c1ccccc1)c1ccccc1)(c1ccc(F)cc1)c1ccc(F)nc1. The summed E-state index contributed by atoms with van der Waals surface area (Å²) in [4.78, 5) is 3.82. The molecule has 3 N–H and O–H groups in total. The molecule has 0 fully saturated rings. The van der Waals surface area contributed by atoms with Gasteiger partial charge in [-0.3, -0.25) is 4.57 Å². The summed E-state index contributed by atoms with van der Waals surface area (Å²) in [6.45, 7) is 1.76. The summed E-state index contributed by atoms with van der Waals surface area (Å²) in [5, 5.41) is 4.56. The summed E-state index contributed by atoms with van der Waals surface area (Å²) in [6.07, 6.45) is 1.37. The largest absolute Gasteiger partial charge is 0.326 e. The molecule has 4 aromatic rings. The summed E-state index contributed by atoms with van der Waals surface area (Å²) in [6, 6.07) is 26.1. The maximum absolute atomic E-state index is 14.9. The van der Waals surface area contributed by atoms with Crippen molar-refractivity contribution in [3.63, 3.8) is 0 Å². The monoisotopic (exact) mass is 463 g/mol. The fraction of sp³-hybridized carbons (Fsp3) is 0.115. The average Bonchev–Trinajstić information content (AvgIpc) is 2.84. The van der Waals surface area contributed by atoms with Crippen molar-refractivity contribution in [1.82, 2.24) is 10.1 Å². The first-order valence-electron chi connectivity index (χ1n) is 10.5. The van der Waals surface area contributed by atoms with Gasteiger partial charge in [-0.2, -0.15) is 4.39 Å². The molecule has 4 nitrogen and oxygen atoms in total. The van der Waals surface area contributed by atoms with Crippen LogP contribution >= 0.6 is 7.29 Å². The minimum absolute atomic E-state index is 0.413. The van der Waals surface area contributed by atoms with E-state index in [4.69, 9.17) is 5.73 Å². The molecule has 7 heteroatoms. The summed E-state index contributed by atoms with van der Waals surface area (Å²) in [7, 11) is -3.50. The highest BCUT2D eigenvalue weighted by atomic mass is 31.2. The van der Waals surface area contributed by atoms with Crippen LogP contribution in [0.15, 0.2) is 103 Å². The van der Waals surface area contributed by atoms with Crippen molar-refractivity contribution in [3.05, 3.63) is 126 Å². The van der Waals surface area contributed by atoms with Crippen LogP contribution in [0.5, 0.6) is 0 Å². The molecule has 0 saturated carbocycles. The third-order valence-corrected chi connectivity index (χ3v) is 8.46. The molecule has 168 valence electrons. The first-order valence-corrected chi connectivity index (χ1v) is 12.2. The second-order valence-corrected chi connectivity index (χ2v) is 10.3. The van der Waals surface area contributed by atoms with Crippen LogP contribution in [-0.4, -0.2) is 11.0 Å². The highest BCUT2D eigenvalue weighted by Gasteiger charge is 2.45. The van der Waals surface area contributed by atoms with Gasteiger partial charge in [0.15, 0.2) is 0 Å². The van der Waals surface area contributed by atoms with Crippen LogP contribution in [0.4, 0.5) is 8.78 Å². The molecule has 33 heavy (non-hydrogen) atoms. The number of pyridine rings is 1. The van der Waals surface area contributed by atoms with E-state index < -0.39 is 30.6 Å². The molecule has 0 aliphatic rings. The highest BCUT2D eigenvalue weighted by Crippen LogP contribution is 2.47. The van der Waals surface area contributed by atoms with Gasteiger partial charge in [-0.1, -0.05) is 54.6 Å². The minimum Gasteiger partial charge on any atom is -0.326 e. The molecular weight excluding hydrogens is 439 g/mol. The number of aromatic nitrogens is 1. The second-order valence-electron chi connectivity index (χ2n) is 7.87. The standard InChI is InChI=1S/C26H24F2N3OP/c1-19(29)26(20-12-15-22(27)16-13-20,21-14-17-25(28)30-18-21)31-33(32,23-8-4-2-5-9-23)24-10-6-3-7-11-24/h2-19H,29H2,1H3,(H,31,32)/t19-,26-/m0/s1. The van der Waals surface area contributed by atoms with Crippen molar-refractivity contribution in [2.24, 2.45) is 5.73 Å². The average molecular weight is 463 g/mol. The molecule has 1 heterocycles. The van der Waals surface area contributed by atoms with E-state index in [0.717, 1.165) is 0 Å². The molecule has 4 rings (SSSR count). The van der Waals surface area contributed by atoms with Gasteiger partial charge in [-0.05, 0) is 60.5 Å². The zero-order valence-corrected chi connectivity index (χ0v) is 18.9. The number of rotatable bonds is 7.